The van der Waals surface area contributed by atoms with Crippen LogP contribution in [0.2, 0.25) is 0 Å². The lowest BCUT2D eigenvalue weighted by Gasteiger charge is -2.25. The quantitative estimate of drug-likeness (QED) is 0.423. The van der Waals surface area contributed by atoms with Gasteiger partial charge in [-0.25, -0.2) is 0 Å². The fourth-order valence-electron chi connectivity index (χ4n) is 3.76. The maximum Gasteiger partial charge on any atom is -0.00675 e. The maximum absolute atomic E-state index is 2.38. The molecule has 1 atom stereocenters. The molecule has 0 radical (unpaired) electrons. The first-order valence-corrected chi connectivity index (χ1v) is 8.10. The standard InChI is InChI=1S/C19H18.C2H6/c1-11-6-14-4-5-15-7-12(2)9-17-13(3)10-16(8-11)18(14)19(15)17;1-2/h4-9,13H,10H2,1-3H3;1-2H3. The fourth-order valence-corrected chi connectivity index (χ4v) is 3.76. The molecule has 3 aromatic carbocycles. The molecule has 4 rings (SSSR count). The topological polar surface area (TPSA) is 0 Å². The Kier molecular flexibility index (Phi) is 3.49. The largest absolute Gasteiger partial charge is 0.0683 e. The summed E-state index contributed by atoms with van der Waals surface area (Å²) in [6.07, 6.45) is 1.17. The van der Waals surface area contributed by atoms with Gasteiger partial charge in [0.15, 0.2) is 0 Å². The molecule has 0 amide bonds. The van der Waals surface area contributed by atoms with Crippen molar-refractivity contribution in [1.82, 2.24) is 0 Å². The van der Waals surface area contributed by atoms with Crippen molar-refractivity contribution in [2.24, 2.45) is 0 Å². The van der Waals surface area contributed by atoms with Gasteiger partial charge in [-0.15, -0.1) is 0 Å². The van der Waals surface area contributed by atoms with Gasteiger partial charge in [-0.1, -0.05) is 68.3 Å². The lowest BCUT2D eigenvalue weighted by molar-refractivity contribution is 0.762. The second-order valence-electron chi connectivity index (χ2n) is 6.15. The van der Waals surface area contributed by atoms with Crippen LogP contribution in [0.25, 0.3) is 21.5 Å². The SMILES string of the molecule is CC.Cc1cc2c3c(ccc4cc(C)cc(c43)C(C)C2)c1. The lowest BCUT2D eigenvalue weighted by atomic mass is 9.79. The van der Waals surface area contributed by atoms with Gasteiger partial charge in [0.1, 0.15) is 0 Å². The number of hydrogen-bond acceptors (Lipinski definition) is 0. The molecule has 0 saturated carbocycles. The molecule has 108 valence electrons. The molecule has 0 nitrogen and oxygen atoms in total. The van der Waals surface area contributed by atoms with E-state index in [1.54, 1.807) is 0 Å². The van der Waals surface area contributed by atoms with Gasteiger partial charge in [0, 0.05) is 0 Å². The Morgan fingerprint density at radius 1 is 0.810 bits per heavy atom. The van der Waals surface area contributed by atoms with Crippen molar-refractivity contribution in [3.8, 4) is 0 Å². The third kappa shape index (κ3) is 2.14. The Morgan fingerprint density at radius 3 is 2.05 bits per heavy atom. The molecule has 21 heavy (non-hydrogen) atoms. The molecule has 0 bridgehead atoms. The van der Waals surface area contributed by atoms with E-state index in [9.17, 15) is 0 Å². The summed E-state index contributed by atoms with van der Waals surface area (Å²) in [6.45, 7) is 10.8. The minimum Gasteiger partial charge on any atom is -0.0683 e. The van der Waals surface area contributed by atoms with Crippen molar-refractivity contribution in [2.45, 2.75) is 47.0 Å². The highest BCUT2D eigenvalue weighted by molar-refractivity contribution is 6.12. The van der Waals surface area contributed by atoms with Gasteiger partial charge < -0.3 is 0 Å². The number of aryl methyl sites for hydroxylation is 2. The van der Waals surface area contributed by atoms with E-state index in [0.717, 1.165) is 0 Å². The molecule has 0 heteroatoms. The van der Waals surface area contributed by atoms with Crippen LogP contribution >= 0.6 is 0 Å². The van der Waals surface area contributed by atoms with E-state index in [4.69, 9.17) is 0 Å². The molecular weight excluding hydrogens is 252 g/mol. The second-order valence-corrected chi connectivity index (χ2v) is 6.15. The van der Waals surface area contributed by atoms with Crippen molar-refractivity contribution in [3.63, 3.8) is 0 Å². The summed E-state index contributed by atoms with van der Waals surface area (Å²) in [5.74, 6) is 0.627. The van der Waals surface area contributed by atoms with Crippen LogP contribution in [0.5, 0.6) is 0 Å². The minimum atomic E-state index is 0.627. The number of benzene rings is 3. The molecular formula is C21H24. The first-order chi connectivity index (χ1) is 10.1. The summed E-state index contributed by atoms with van der Waals surface area (Å²) in [4.78, 5) is 0. The van der Waals surface area contributed by atoms with Gasteiger partial charge in [-0.3, -0.25) is 0 Å². The van der Waals surface area contributed by atoms with Crippen LogP contribution in [0.3, 0.4) is 0 Å². The van der Waals surface area contributed by atoms with Gasteiger partial charge in [-0.05, 0) is 58.9 Å². The van der Waals surface area contributed by atoms with Crippen molar-refractivity contribution in [2.75, 3.05) is 0 Å². The van der Waals surface area contributed by atoms with Gasteiger partial charge in [0.25, 0.3) is 0 Å². The zero-order valence-corrected chi connectivity index (χ0v) is 13.7. The highest BCUT2D eigenvalue weighted by Gasteiger charge is 2.21. The van der Waals surface area contributed by atoms with Gasteiger partial charge in [0.05, 0.1) is 0 Å². The molecule has 0 N–H and O–H groups in total. The van der Waals surface area contributed by atoms with Crippen LogP contribution in [0.4, 0.5) is 0 Å². The first-order valence-electron chi connectivity index (χ1n) is 8.10. The number of rotatable bonds is 0. The van der Waals surface area contributed by atoms with E-state index < -0.39 is 0 Å². The Morgan fingerprint density at radius 2 is 1.38 bits per heavy atom. The van der Waals surface area contributed by atoms with Crippen molar-refractivity contribution < 1.29 is 0 Å². The van der Waals surface area contributed by atoms with Crippen LogP contribution in [-0.2, 0) is 6.42 Å². The minimum absolute atomic E-state index is 0.627. The Balaban J connectivity index is 0.000000636. The molecule has 1 aliphatic rings. The molecule has 1 aliphatic carbocycles. The molecule has 0 heterocycles. The zero-order chi connectivity index (χ0) is 15.1. The van der Waals surface area contributed by atoms with E-state index in [-0.39, 0.29) is 0 Å². The molecule has 0 aromatic heterocycles. The molecule has 0 aliphatic heterocycles. The third-order valence-corrected chi connectivity index (χ3v) is 4.49. The zero-order valence-electron chi connectivity index (χ0n) is 13.7. The average Bonchev–Trinajstić information content (AvgIpc) is 2.47. The Hall–Kier alpha value is -1.82. The molecule has 0 spiro atoms. The number of hydrogen-bond donors (Lipinski definition) is 0. The summed E-state index contributed by atoms with van der Waals surface area (Å²) >= 11 is 0. The van der Waals surface area contributed by atoms with Crippen LogP contribution in [0, 0.1) is 13.8 Å². The highest BCUT2D eigenvalue weighted by Crippen LogP contribution is 2.41. The Bertz CT molecular complexity index is 824. The monoisotopic (exact) mass is 276 g/mol. The van der Waals surface area contributed by atoms with Gasteiger partial charge >= 0.3 is 0 Å². The van der Waals surface area contributed by atoms with Crippen LogP contribution in [-0.4, -0.2) is 0 Å². The van der Waals surface area contributed by atoms with Crippen LogP contribution < -0.4 is 0 Å². The first kappa shape index (κ1) is 14.1. The molecule has 0 saturated heterocycles. The summed E-state index contributed by atoms with van der Waals surface area (Å²) in [5, 5.41) is 5.80. The fraction of sp³-hybridized carbons (Fsp3) is 0.333. The van der Waals surface area contributed by atoms with Gasteiger partial charge in [-0.2, -0.15) is 0 Å². The molecule has 0 fully saturated rings. The maximum atomic E-state index is 2.38. The van der Waals surface area contributed by atoms with Crippen molar-refractivity contribution in [1.29, 1.82) is 0 Å². The average molecular weight is 276 g/mol. The molecule has 1 unspecified atom stereocenters. The van der Waals surface area contributed by atoms with E-state index >= 15 is 0 Å². The summed E-state index contributed by atoms with van der Waals surface area (Å²) in [5.41, 5.74) is 5.83. The summed E-state index contributed by atoms with van der Waals surface area (Å²) in [7, 11) is 0. The normalized spacial score (nSPS) is 16.1. The van der Waals surface area contributed by atoms with Crippen molar-refractivity contribution in [3.05, 3.63) is 58.7 Å². The van der Waals surface area contributed by atoms with Gasteiger partial charge in [0.2, 0.25) is 0 Å². The van der Waals surface area contributed by atoms with Crippen LogP contribution in [0.15, 0.2) is 36.4 Å². The molecule has 3 aromatic rings. The van der Waals surface area contributed by atoms with E-state index in [1.165, 1.54) is 50.2 Å². The second kappa shape index (κ2) is 5.18. The van der Waals surface area contributed by atoms with Crippen LogP contribution in [0.1, 0.15) is 48.9 Å². The lowest BCUT2D eigenvalue weighted by Crippen LogP contribution is -2.07. The predicted molar refractivity (Wildman–Crippen MR) is 94.4 cm³/mol. The smallest absolute Gasteiger partial charge is 0.00675 e. The Labute approximate surface area is 127 Å². The highest BCUT2D eigenvalue weighted by atomic mass is 14.2. The predicted octanol–water partition coefficient (Wildman–Crippen LogP) is 6.30. The van der Waals surface area contributed by atoms with E-state index in [2.05, 4.69) is 57.2 Å². The van der Waals surface area contributed by atoms with E-state index in [0.29, 0.717) is 5.92 Å². The van der Waals surface area contributed by atoms with Crippen molar-refractivity contribution >= 4 is 21.5 Å². The van der Waals surface area contributed by atoms with E-state index in [1.807, 2.05) is 13.8 Å². The summed E-state index contributed by atoms with van der Waals surface area (Å²) < 4.78 is 0. The third-order valence-electron chi connectivity index (χ3n) is 4.49. The summed E-state index contributed by atoms with van der Waals surface area (Å²) in [6, 6.07) is 14.0.